The summed E-state index contributed by atoms with van der Waals surface area (Å²) in [5.74, 6) is 0. The van der Waals surface area contributed by atoms with Crippen molar-refractivity contribution in [2.45, 2.75) is 13.3 Å². The topological polar surface area (TPSA) is 25.8 Å². The van der Waals surface area contributed by atoms with E-state index >= 15 is 0 Å². The van der Waals surface area contributed by atoms with Crippen molar-refractivity contribution in [1.82, 2.24) is 9.97 Å². The molecule has 2 nitrogen and oxygen atoms in total. The van der Waals surface area contributed by atoms with E-state index in [0.29, 0.717) is 5.15 Å². The van der Waals surface area contributed by atoms with Crippen LogP contribution in [0.3, 0.4) is 0 Å². The fraction of sp³-hybridized carbons (Fsp3) is 0.125. The zero-order chi connectivity index (χ0) is 13.2. The Hall–Kier alpha value is -1.93. The quantitative estimate of drug-likeness (QED) is 0.652. The minimum absolute atomic E-state index is 0.530. The number of benzene rings is 1. The van der Waals surface area contributed by atoms with Crippen molar-refractivity contribution in [3.8, 4) is 0 Å². The standard InChI is InChI=1S/C16H13ClN2/c1-11-4-5-13(16-14(11)3-2-7-19-16)9-12-6-8-18-15(17)10-12/h2-8,10H,9H2,1H3. The van der Waals surface area contributed by atoms with Gasteiger partial charge >= 0.3 is 0 Å². The van der Waals surface area contributed by atoms with Crippen molar-refractivity contribution in [3.05, 3.63) is 70.6 Å². The number of aromatic nitrogens is 2. The number of fused-ring (bicyclic) bond motifs is 1. The predicted octanol–water partition coefficient (Wildman–Crippen LogP) is 4.18. The highest BCUT2D eigenvalue weighted by molar-refractivity contribution is 6.29. The number of hydrogen-bond acceptors (Lipinski definition) is 2. The number of pyridine rings is 2. The van der Waals surface area contributed by atoms with E-state index < -0.39 is 0 Å². The Morgan fingerprint density at radius 2 is 1.95 bits per heavy atom. The summed E-state index contributed by atoms with van der Waals surface area (Å²) in [6.07, 6.45) is 4.39. The van der Waals surface area contributed by atoms with Crippen LogP contribution in [0.15, 0.2) is 48.8 Å². The first-order valence-corrected chi connectivity index (χ1v) is 6.55. The van der Waals surface area contributed by atoms with Crippen molar-refractivity contribution >= 4 is 22.5 Å². The molecule has 94 valence electrons. The largest absolute Gasteiger partial charge is 0.256 e. The Labute approximate surface area is 117 Å². The number of rotatable bonds is 2. The Morgan fingerprint density at radius 1 is 1.05 bits per heavy atom. The molecule has 0 unspecified atom stereocenters. The second kappa shape index (κ2) is 4.98. The third-order valence-electron chi connectivity index (χ3n) is 3.26. The highest BCUT2D eigenvalue weighted by atomic mass is 35.5. The van der Waals surface area contributed by atoms with Gasteiger partial charge in [-0.05, 0) is 48.2 Å². The van der Waals surface area contributed by atoms with Crippen LogP contribution in [0.25, 0.3) is 10.9 Å². The van der Waals surface area contributed by atoms with Crippen LogP contribution in [0.1, 0.15) is 16.7 Å². The van der Waals surface area contributed by atoms with Gasteiger partial charge in [-0.2, -0.15) is 0 Å². The molecule has 0 saturated heterocycles. The minimum Gasteiger partial charge on any atom is -0.256 e. The molecule has 0 atom stereocenters. The molecule has 0 aliphatic carbocycles. The van der Waals surface area contributed by atoms with Gasteiger partial charge in [0.05, 0.1) is 5.52 Å². The van der Waals surface area contributed by atoms with E-state index in [-0.39, 0.29) is 0 Å². The van der Waals surface area contributed by atoms with Crippen LogP contribution in [0.4, 0.5) is 0 Å². The Morgan fingerprint density at radius 3 is 2.79 bits per heavy atom. The van der Waals surface area contributed by atoms with Crippen molar-refractivity contribution in [2.24, 2.45) is 0 Å². The smallest absolute Gasteiger partial charge is 0.129 e. The van der Waals surface area contributed by atoms with Crippen LogP contribution in [-0.4, -0.2) is 9.97 Å². The normalized spacial score (nSPS) is 10.8. The maximum atomic E-state index is 5.93. The summed E-state index contributed by atoms with van der Waals surface area (Å²) in [4.78, 5) is 8.52. The number of aryl methyl sites for hydroxylation is 1. The molecule has 0 aliphatic heterocycles. The van der Waals surface area contributed by atoms with Gasteiger partial charge in [0.15, 0.2) is 0 Å². The van der Waals surface area contributed by atoms with Gasteiger partial charge in [0.2, 0.25) is 0 Å². The zero-order valence-corrected chi connectivity index (χ0v) is 11.4. The van der Waals surface area contributed by atoms with Gasteiger partial charge in [-0.25, -0.2) is 4.98 Å². The minimum atomic E-state index is 0.530. The first kappa shape index (κ1) is 12.1. The monoisotopic (exact) mass is 268 g/mol. The molecule has 1 aromatic carbocycles. The molecule has 3 rings (SSSR count). The second-order valence-corrected chi connectivity index (χ2v) is 4.99. The zero-order valence-electron chi connectivity index (χ0n) is 10.6. The van der Waals surface area contributed by atoms with Crippen molar-refractivity contribution in [2.75, 3.05) is 0 Å². The van der Waals surface area contributed by atoms with E-state index in [4.69, 9.17) is 11.6 Å². The molecule has 0 radical (unpaired) electrons. The average Bonchev–Trinajstić information content (AvgIpc) is 2.42. The van der Waals surface area contributed by atoms with Gasteiger partial charge in [-0.1, -0.05) is 29.8 Å². The fourth-order valence-corrected chi connectivity index (χ4v) is 2.49. The van der Waals surface area contributed by atoms with Crippen molar-refractivity contribution in [3.63, 3.8) is 0 Å². The molecule has 3 aromatic rings. The van der Waals surface area contributed by atoms with Crippen LogP contribution >= 0.6 is 11.6 Å². The maximum Gasteiger partial charge on any atom is 0.129 e. The lowest BCUT2D eigenvalue weighted by molar-refractivity contribution is 1.16. The average molecular weight is 269 g/mol. The SMILES string of the molecule is Cc1ccc(Cc2ccnc(Cl)c2)c2ncccc12. The number of hydrogen-bond donors (Lipinski definition) is 0. The van der Waals surface area contributed by atoms with Gasteiger partial charge in [0.25, 0.3) is 0 Å². The molecule has 0 spiro atoms. The Balaban J connectivity index is 2.09. The van der Waals surface area contributed by atoms with Gasteiger partial charge in [-0.15, -0.1) is 0 Å². The molecule has 0 bridgehead atoms. The molecular weight excluding hydrogens is 256 g/mol. The molecule has 19 heavy (non-hydrogen) atoms. The molecular formula is C16H13ClN2. The highest BCUT2D eigenvalue weighted by Gasteiger charge is 2.06. The van der Waals surface area contributed by atoms with Crippen LogP contribution in [0, 0.1) is 6.92 Å². The summed E-state index contributed by atoms with van der Waals surface area (Å²) in [7, 11) is 0. The predicted molar refractivity (Wildman–Crippen MR) is 78.5 cm³/mol. The summed E-state index contributed by atoms with van der Waals surface area (Å²) in [5.41, 5.74) is 4.68. The molecule has 0 amide bonds. The summed E-state index contributed by atoms with van der Waals surface area (Å²) in [6, 6.07) is 12.3. The summed E-state index contributed by atoms with van der Waals surface area (Å²) in [5, 5.41) is 1.74. The maximum absolute atomic E-state index is 5.93. The Bertz CT molecular complexity index is 738. The third kappa shape index (κ3) is 2.45. The lowest BCUT2D eigenvalue weighted by Gasteiger charge is -2.08. The highest BCUT2D eigenvalue weighted by Crippen LogP contribution is 2.23. The van der Waals surface area contributed by atoms with E-state index in [9.17, 15) is 0 Å². The van der Waals surface area contributed by atoms with E-state index in [0.717, 1.165) is 17.5 Å². The van der Waals surface area contributed by atoms with Gasteiger partial charge in [-0.3, -0.25) is 4.98 Å². The summed E-state index contributed by atoms with van der Waals surface area (Å²) in [6.45, 7) is 2.11. The fourth-order valence-electron chi connectivity index (χ4n) is 2.29. The summed E-state index contributed by atoms with van der Waals surface area (Å²) < 4.78 is 0. The van der Waals surface area contributed by atoms with Gasteiger partial charge in [0, 0.05) is 17.8 Å². The number of nitrogens with zero attached hydrogens (tertiary/aromatic N) is 2. The summed E-state index contributed by atoms with van der Waals surface area (Å²) >= 11 is 5.93. The molecule has 0 aliphatic rings. The second-order valence-electron chi connectivity index (χ2n) is 4.60. The third-order valence-corrected chi connectivity index (χ3v) is 3.46. The molecule has 3 heteroatoms. The Kier molecular flexibility index (Phi) is 3.18. The molecule has 2 aromatic heterocycles. The number of halogens is 1. The molecule has 0 N–H and O–H groups in total. The van der Waals surface area contributed by atoms with E-state index in [1.165, 1.54) is 16.5 Å². The van der Waals surface area contributed by atoms with Crippen LogP contribution in [0.2, 0.25) is 5.15 Å². The van der Waals surface area contributed by atoms with Crippen molar-refractivity contribution in [1.29, 1.82) is 0 Å². The molecule has 0 fully saturated rings. The van der Waals surface area contributed by atoms with Crippen LogP contribution in [-0.2, 0) is 6.42 Å². The first-order chi connectivity index (χ1) is 9.24. The van der Waals surface area contributed by atoms with E-state index in [2.05, 4.69) is 35.1 Å². The van der Waals surface area contributed by atoms with Crippen LogP contribution in [0.5, 0.6) is 0 Å². The van der Waals surface area contributed by atoms with Gasteiger partial charge in [0.1, 0.15) is 5.15 Å². The van der Waals surface area contributed by atoms with E-state index in [1.807, 2.05) is 24.4 Å². The first-order valence-electron chi connectivity index (χ1n) is 6.18. The van der Waals surface area contributed by atoms with E-state index in [1.54, 1.807) is 6.20 Å². The van der Waals surface area contributed by atoms with Crippen molar-refractivity contribution < 1.29 is 0 Å². The lowest BCUT2D eigenvalue weighted by Crippen LogP contribution is -1.93. The van der Waals surface area contributed by atoms with Crippen LogP contribution < -0.4 is 0 Å². The molecule has 2 heterocycles. The van der Waals surface area contributed by atoms with Gasteiger partial charge < -0.3 is 0 Å². The lowest BCUT2D eigenvalue weighted by atomic mass is 10.00. The molecule has 0 saturated carbocycles.